The number of fused-ring (bicyclic) bond motifs is 1. The molecule has 1 saturated heterocycles. The Kier molecular flexibility index (Phi) is 3.12. The molecule has 0 bridgehead atoms. The third-order valence-electron chi connectivity index (χ3n) is 3.58. The van der Waals surface area contributed by atoms with Gasteiger partial charge in [0.2, 0.25) is 10.0 Å². The summed E-state index contributed by atoms with van der Waals surface area (Å²) in [4.78, 5) is 14.5. The second kappa shape index (κ2) is 4.69. The van der Waals surface area contributed by atoms with E-state index in [9.17, 15) is 13.2 Å². The van der Waals surface area contributed by atoms with E-state index >= 15 is 0 Å². The molecular weight excluding hydrogens is 278 g/mol. The highest BCUT2D eigenvalue weighted by Gasteiger charge is 2.31. The molecule has 0 amide bonds. The van der Waals surface area contributed by atoms with Crippen molar-refractivity contribution in [3.05, 3.63) is 40.8 Å². The summed E-state index contributed by atoms with van der Waals surface area (Å²) in [7, 11) is -3.61. The zero-order chi connectivity index (χ0) is 14.3. The zero-order valence-electron chi connectivity index (χ0n) is 10.7. The van der Waals surface area contributed by atoms with Gasteiger partial charge in [-0.15, -0.1) is 0 Å². The zero-order valence-corrected chi connectivity index (χ0v) is 11.6. The lowest BCUT2D eigenvalue weighted by Gasteiger charge is -2.17. The predicted molar refractivity (Wildman–Crippen MR) is 75.9 cm³/mol. The minimum Gasteiger partial charge on any atom is -0.329 e. The quantitative estimate of drug-likeness (QED) is 0.829. The van der Waals surface area contributed by atoms with Crippen LogP contribution in [0.4, 0.5) is 0 Å². The summed E-state index contributed by atoms with van der Waals surface area (Å²) in [6, 6.07) is 6.22. The molecule has 6 nitrogen and oxygen atoms in total. The number of benzene rings is 1. The van der Waals surface area contributed by atoms with Crippen LogP contribution in [0, 0.1) is 0 Å². The number of rotatable bonds is 2. The second-order valence-corrected chi connectivity index (χ2v) is 6.84. The van der Waals surface area contributed by atoms with E-state index in [4.69, 9.17) is 5.73 Å². The van der Waals surface area contributed by atoms with Crippen LogP contribution in [-0.4, -0.2) is 36.8 Å². The molecule has 1 aliphatic rings. The van der Waals surface area contributed by atoms with Crippen LogP contribution in [0.2, 0.25) is 0 Å². The fourth-order valence-corrected chi connectivity index (χ4v) is 4.25. The summed E-state index contributed by atoms with van der Waals surface area (Å²) in [5.74, 6) is 0. The lowest BCUT2D eigenvalue weighted by Crippen LogP contribution is -2.32. The minimum absolute atomic E-state index is 0.122. The van der Waals surface area contributed by atoms with Crippen molar-refractivity contribution in [3.63, 3.8) is 0 Å². The van der Waals surface area contributed by atoms with Gasteiger partial charge in [-0.3, -0.25) is 4.79 Å². The first-order valence-corrected chi connectivity index (χ1v) is 7.80. The third kappa shape index (κ3) is 2.04. The molecular formula is C13H15N3O3S. The molecule has 0 radical (unpaired) electrons. The van der Waals surface area contributed by atoms with Gasteiger partial charge in [-0.1, -0.05) is 6.07 Å². The molecule has 0 saturated carbocycles. The van der Waals surface area contributed by atoms with E-state index in [1.165, 1.54) is 16.6 Å². The Balaban J connectivity index is 2.20. The number of hydrogen-bond donors (Lipinski definition) is 2. The van der Waals surface area contributed by atoms with Crippen molar-refractivity contribution in [2.24, 2.45) is 5.73 Å². The maximum Gasteiger partial charge on any atom is 0.255 e. The molecule has 3 rings (SSSR count). The van der Waals surface area contributed by atoms with E-state index in [0.29, 0.717) is 30.3 Å². The number of nitrogens with zero attached hydrogens (tertiary/aromatic N) is 1. The van der Waals surface area contributed by atoms with Crippen LogP contribution in [-0.2, 0) is 10.0 Å². The lowest BCUT2D eigenvalue weighted by atomic mass is 10.2. The molecule has 7 heteroatoms. The standard InChI is InChI=1S/C13H15N3O3S/c14-9-5-7-16(8-9)20(18,19)12-3-1-2-11-10(12)4-6-15-13(11)17/h1-4,6,9H,5,7-8,14H2,(H,15,17). The fourth-order valence-electron chi connectivity index (χ4n) is 2.53. The molecule has 2 heterocycles. The van der Waals surface area contributed by atoms with Crippen LogP contribution < -0.4 is 11.3 Å². The molecule has 3 N–H and O–H groups in total. The first kappa shape index (κ1) is 13.3. The number of aromatic nitrogens is 1. The maximum absolute atomic E-state index is 12.7. The van der Waals surface area contributed by atoms with Crippen molar-refractivity contribution in [1.82, 2.24) is 9.29 Å². The number of hydrogen-bond acceptors (Lipinski definition) is 4. The van der Waals surface area contributed by atoms with Gasteiger partial charge >= 0.3 is 0 Å². The van der Waals surface area contributed by atoms with Gasteiger partial charge in [0.1, 0.15) is 0 Å². The van der Waals surface area contributed by atoms with E-state index in [-0.39, 0.29) is 16.5 Å². The number of H-pyrrole nitrogens is 1. The summed E-state index contributed by atoms with van der Waals surface area (Å²) in [6.45, 7) is 0.741. The largest absolute Gasteiger partial charge is 0.329 e. The SMILES string of the molecule is NC1CCN(S(=O)(=O)c2cccc3c(=O)[nH]ccc23)C1. The van der Waals surface area contributed by atoms with Gasteiger partial charge in [-0.25, -0.2) is 8.42 Å². The van der Waals surface area contributed by atoms with Crippen molar-refractivity contribution >= 4 is 20.8 Å². The topological polar surface area (TPSA) is 96.3 Å². The Hall–Kier alpha value is -1.70. The van der Waals surface area contributed by atoms with Gasteiger partial charge in [-0.2, -0.15) is 4.31 Å². The van der Waals surface area contributed by atoms with Crippen LogP contribution in [0.15, 0.2) is 40.2 Å². The van der Waals surface area contributed by atoms with E-state index in [1.807, 2.05) is 0 Å². The van der Waals surface area contributed by atoms with Crippen LogP contribution in [0.1, 0.15) is 6.42 Å². The second-order valence-electron chi connectivity index (χ2n) is 4.94. The number of aromatic amines is 1. The molecule has 1 atom stereocenters. The average molecular weight is 293 g/mol. The summed E-state index contributed by atoms with van der Waals surface area (Å²) in [5, 5.41) is 0.814. The van der Waals surface area contributed by atoms with E-state index in [2.05, 4.69) is 4.98 Å². The van der Waals surface area contributed by atoms with Crippen molar-refractivity contribution in [1.29, 1.82) is 0 Å². The predicted octanol–water partition coefficient (Wildman–Crippen LogP) is 0.250. The van der Waals surface area contributed by atoms with Gasteiger partial charge < -0.3 is 10.7 Å². The molecule has 2 aromatic rings. The molecule has 1 fully saturated rings. The van der Waals surface area contributed by atoms with Crippen LogP contribution >= 0.6 is 0 Å². The fraction of sp³-hybridized carbons (Fsp3) is 0.308. The number of nitrogens with two attached hydrogens (primary N) is 1. The average Bonchev–Trinajstić information content (AvgIpc) is 2.86. The monoisotopic (exact) mass is 293 g/mol. The van der Waals surface area contributed by atoms with Crippen LogP contribution in [0.25, 0.3) is 10.8 Å². The molecule has 20 heavy (non-hydrogen) atoms. The highest BCUT2D eigenvalue weighted by atomic mass is 32.2. The molecule has 106 valence electrons. The third-order valence-corrected chi connectivity index (χ3v) is 5.50. The first-order valence-electron chi connectivity index (χ1n) is 6.36. The van der Waals surface area contributed by atoms with Crippen molar-refractivity contribution in [3.8, 4) is 0 Å². The van der Waals surface area contributed by atoms with Gasteiger partial charge in [0.15, 0.2) is 0 Å². The molecule has 1 unspecified atom stereocenters. The van der Waals surface area contributed by atoms with Crippen molar-refractivity contribution in [2.75, 3.05) is 13.1 Å². The molecule has 1 aliphatic heterocycles. The summed E-state index contributed by atoms with van der Waals surface area (Å²) >= 11 is 0. The Morgan fingerprint density at radius 2 is 2.05 bits per heavy atom. The van der Waals surface area contributed by atoms with Crippen LogP contribution in [0.5, 0.6) is 0 Å². The van der Waals surface area contributed by atoms with E-state index in [0.717, 1.165) is 0 Å². The number of sulfonamides is 1. The highest BCUT2D eigenvalue weighted by molar-refractivity contribution is 7.89. The normalized spacial score (nSPS) is 20.6. The first-order chi connectivity index (χ1) is 9.50. The van der Waals surface area contributed by atoms with Crippen molar-refractivity contribution < 1.29 is 8.42 Å². The lowest BCUT2D eigenvalue weighted by molar-refractivity contribution is 0.473. The Morgan fingerprint density at radius 1 is 1.25 bits per heavy atom. The molecule has 0 spiro atoms. The summed E-state index contributed by atoms with van der Waals surface area (Å²) in [6.07, 6.45) is 2.12. The molecule has 1 aromatic heterocycles. The summed E-state index contributed by atoms with van der Waals surface area (Å²) in [5.41, 5.74) is 5.48. The Morgan fingerprint density at radius 3 is 2.75 bits per heavy atom. The number of pyridine rings is 1. The maximum atomic E-state index is 12.7. The van der Waals surface area contributed by atoms with Gasteiger partial charge in [0.25, 0.3) is 5.56 Å². The number of nitrogens with one attached hydrogen (secondary N) is 1. The summed E-state index contributed by atoms with van der Waals surface area (Å²) < 4.78 is 26.7. The van der Waals surface area contributed by atoms with Gasteiger partial charge in [-0.05, 0) is 24.6 Å². The van der Waals surface area contributed by atoms with Gasteiger partial charge in [0, 0.05) is 36.1 Å². The van der Waals surface area contributed by atoms with E-state index < -0.39 is 10.0 Å². The van der Waals surface area contributed by atoms with Crippen LogP contribution in [0.3, 0.4) is 0 Å². The minimum atomic E-state index is -3.61. The Bertz CT molecular complexity index is 813. The van der Waals surface area contributed by atoms with E-state index in [1.54, 1.807) is 18.2 Å². The smallest absolute Gasteiger partial charge is 0.255 e. The molecule has 0 aliphatic carbocycles. The van der Waals surface area contributed by atoms with Crippen molar-refractivity contribution in [2.45, 2.75) is 17.4 Å². The Labute approximate surface area is 116 Å². The molecule has 1 aromatic carbocycles. The highest BCUT2D eigenvalue weighted by Crippen LogP contribution is 2.25. The van der Waals surface area contributed by atoms with Gasteiger partial charge in [0.05, 0.1) is 4.90 Å².